The zero-order chi connectivity index (χ0) is 24.8. The highest BCUT2D eigenvalue weighted by Gasteiger charge is 2.29. The maximum Gasteiger partial charge on any atom is 0.167 e. The summed E-state index contributed by atoms with van der Waals surface area (Å²) in [5.41, 5.74) is 1.84. The maximum atomic E-state index is 11.3. The van der Waals surface area contributed by atoms with E-state index in [-0.39, 0.29) is 11.5 Å². The molecular weight excluding hydrogens is 440 g/mol. The van der Waals surface area contributed by atoms with E-state index in [0.29, 0.717) is 45.3 Å². The minimum Gasteiger partial charge on any atom is -0.493 e. The van der Waals surface area contributed by atoms with Crippen molar-refractivity contribution in [2.75, 3.05) is 42.7 Å². The Labute approximate surface area is 199 Å². The number of hydrogen-bond acceptors (Lipinski definition) is 8. The van der Waals surface area contributed by atoms with Gasteiger partial charge in [0.2, 0.25) is 0 Å². The van der Waals surface area contributed by atoms with E-state index in [1.54, 1.807) is 48.5 Å². The highest BCUT2D eigenvalue weighted by atomic mass is 16.5. The summed E-state index contributed by atoms with van der Waals surface area (Å²) in [6.07, 6.45) is -2.24. The van der Waals surface area contributed by atoms with Gasteiger partial charge >= 0.3 is 0 Å². The quantitative estimate of drug-likeness (QED) is 0.461. The first-order chi connectivity index (χ1) is 16.5. The number of aliphatic hydroxyl groups is 2. The Bertz CT molecular complexity index is 1040. The van der Waals surface area contributed by atoms with Crippen molar-refractivity contribution in [2.24, 2.45) is 0 Å². The third-order valence-electron chi connectivity index (χ3n) is 5.63. The first-order valence-electron chi connectivity index (χ1n) is 10.5. The normalized spacial score (nSPS) is 12.5. The average molecular weight is 471 g/mol. The lowest BCUT2D eigenvalue weighted by atomic mass is 9.93. The molecule has 8 nitrogen and oxygen atoms in total. The molecule has 0 saturated carbocycles. The predicted molar refractivity (Wildman–Crippen MR) is 127 cm³/mol. The summed E-state index contributed by atoms with van der Waals surface area (Å²) in [6, 6.07) is 13.8. The molecule has 0 amide bonds. The van der Waals surface area contributed by atoms with E-state index in [1.165, 1.54) is 42.7 Å². The van der Waals surface area contributed by atoms with Crippen LogP contribution >= 0.6 is 0 Å². The highest BCUT2D eigenvalue weighted by Crippen LogP contribution is 2.47. The third-order valence-corrected chi connectivity index (χ3v) is 5.63. The molecule has 3 aromatic rings. The smallest absolute Gasteiger partial charge is 0.167 e. The van der Waals surface area contributed by atoms with Crippen molar-refractivity contribution >= 4 is 0 Å². The molecule has 0 bridgehead atoms. The molecule has 0 heterocycles. The van der Waals surface area contributed by atoms with Crippen molar-refractivity contribution in [2.45, 2.75) is 12.2 Å². The van der Waals surface area contributed by atoms with Gasteiger partial charge in [-0.15, -0.1) is 0 Å². The Morgan fingerprint density at radius 2 is 0.765 bits per heavy atom. The van der Waals surface area contributed by atoms with Gasteiger partial charge in [-0.2, -0.15) is 0 Å². The van der Waals surface area contributed by atoms with Crippen LogP contribution in [0.4, 0.5) is 0 Å². The Balaban J connectivity index is 2.15. The van der Waals surface area contributed by atoms with Crippen molar-refractivity contribution in [3.8, 4) is 34.5 Å². The maximum absolute atomic E-state index is 11.3. The molecule has 0 radical (unpaired) electrons. The Morgan fingerprint density at radius 3 is 1.06 bits per heavy atom. The molecule has 2 atom stereocenters. The summed E-state index contributed by atoms with van der Waals surface area (Å²) in [6.45, 7) is 0. The monoisotopic (exact) mass is 470 g/mol. The summed E-state index contributed by atoms with van der Waals surface area (Å²) < 4.78 is 33.0. The van der Waals surface area contributed by atoms with Crippen LogP contribution in [-0.4, -0.2) is 52.9 Å². The van der Waals surface area contributed by atoms with Gasteiger partial charge in [-0.05, 0) is 12.1 Å². The van der Waals surface area contributed by atoms with Crippen LogP contribution in [0.1, 0.15) is 34.5 Å². The second kappa shape index (κ2) is 11.0. The first kappa shape index (κ1) is 25.0. The molecule has 3 rings (SSSR count). The second-order valence-corrected chi connectivity index (χ2v) is 7.28. The van der Waals surface area contributed by atoms with Crippen molar-refractivity contribution in [3.63, 3.8) is 0 Å². The minimum absolute atomic E-state index is 0.276. The van der Waals surface area contributed by atoms with Gasteiger partial charge < -0.3 is 38.6 Å². The molecular formula is C26H30O8. The van der Waals surface area contributed by atoms with Crippen molar-refractivity contribution < 1.29 is 38.6 Å². The van der Waals surface area contributed by atoms with Crippen LogP contribution in [-0.2, 0) is 0 Å². The van der Waals surface area contributed by atoms with Crippen molar-refractivity contribution in [1.82, 2.24) is 0 Å². The fourth-order valence-corrected chi connectivity index (χ4v) is 4.03. The van der Waals surface area contributed by atoms with Gasteiger partial charge in [-0.3, -0.25) is 0 Å². The largest absolute Gasteiger partial charge is 0.493 e. The lowest BCUT2D eigenvalue weighted by molar-refractivity contribution is 0.199. The predicted octanol–water partition coefficient (Wildman–Crippen LogP) is 3.90. The van der Waals surface area contributed by atoms with E-state index in [1.807, 2.05) is 0 Å². The molecule has 34 heavy (non-hydrogen) atoms. The summed E-state index contributed by atoms with van der Waals surface area (Å²) in [5, 5.41) is 22.6. The fraction of sp³-hybridized carbons (Fsp3) is 0.308. The van der Waals surface area contributed by atoms with Crippen LogP contribution < -0.4 is 28.4 Å². The molecule has 2 N–H and O–H groups in total. The van der Waals surface area contributed by atoms with E-state index >= 15 is 0 Å². The average Bonchev–Trinajstić information content (AvgIpc) is 2.89. The number of rotatable bonds is 10. The van der Waals surface area contributed by atoms with Crippen LogP contribution in [0.5, 0.6) is 34.5 Å². The van der Waals surface area contributed by atoms with Gasteiger partial charge in [0.15, 0.2) is 34.5 Å². The fourth-order valence-electron chi connectivity index (χ4n) is 4.03. The van der Waals surface area contributed by atoms with Crippen molar-refractivity contribution in [3.05, 3.63) is 70.8 Å². The van der Waals surface area contributed by atoms with Gasteiger partial charge in [0.05, 0.1) is 42.7 Å². The van der Waals surface area contributed by atoms with Crippen LogP contribution in [0.3, 0.4) is 0 Å². The van der Waals surface area contributed by atoms with E-state index in [9.17, 15) is 10.2 Å². The molecule has 182 valence electrons. The van der Waals surface area contributed by atoms with Gasteiger partial charge in [-0.1, -0.05) is 36.4 Å². The molecule has 0 saturated heterocycles. The van der Waals surface area contributed by atoms with Crippen molar-refractivity contribution in [1.29, 1.82) is 0 Å². The van der Waals surface area contributed by atoms with Crippen LogP contribution in [0, 0.1) is 0 Å². The zero-order valence-electron chi connectivity index (χ0n) is 20.1. The van der Waals surface area contributed by atoms with Gasteiger partial charge in [0, 0.05) is 22.3 Å². The standard InChI is InChI=1S/C26H30O8/c1-29-19-11-7-9-15(23(19)31-3)21(27)17-13-14-18(26(34-6)25(17)33-5)22(28)16-10-8-12-20(30-2)24(16)32-4/h7-14,21-22,27-28H,1-6H3. The molecule has 0 aromatic heterocycles. The lowest BCUT2D eigenvalue weighted by Gasteiger charge is -2.24. The minimum atomic E-state index is -1.12. The third kappa shape index (κ3) is 4.42. The zero-order valence-corrected chi connectivity index (χ0v) is 20.1. The molecule has 0 fully saturated rings. The summed E-state index contributed by atoms with van der Waals surface area (Å²) in [4.78, 5) is 0. The number of benzene rings is 3. The van der Waals surface area contributed by atoms with E-state index in [4.69, 9.17) is 28.4 Å². The summed E-state index contributed by atoms with van der Waals surface area (Å²) in [7, 11) is 9.01. The van der Waals surface area contributed by atoms with Crippen LogP contribution in [0.2, 0.25) is 0 Å². The molecule has 0 spiro atoms. The Hall–Kier alpha value is -3.62. The number of aliphatic hydroxyl groups excluding tert-OH is 2. The second-order valence-electron chi connectivity index (χ2n) is 7.28. The van der Waals surface area contributed by atoms with E-state index in [0.717, 1.165) is 0 Å². The molecule has 8 heteroatoms. The van der Waals surface area contributed by atoms with Gasteiger partial charge in [-0.25, -0.2) is 0 Å². The number of ether oxygens (including phenoxy) is 6. The molecule has 0 aliphatic rings. The Morgan fingerprint density at radius 1 is 0.441 bits per heavy atom. The van der Waals surface area contributed by atoms with E-state index < -0.39 is 12.2 Å². The molecule has 0 aliphatic heterocycles. The van der Waals surface area contributed by atoms with Gasteiger partial charge in [0.1, 0.15) is 12.2 Å². The van der Waals surface area contributed by atoms with E-state index in [2.05, 4.69) is 0 Å². The van der Waals surface area contributed by atoms with Crippen LogP contribution in [0.25, 0.3) is 0 Å². The van der Waals surface area contributed by atoms with Crippen LogP contribution in [0.15, 0.2) is 48.5 Å². The molecule has 0 aliphatic carbocycles. The first-order valence-corrected chi connectivity index (χ1v) is 10.5. The molecule has 2 unspecified atom stereocenters. The number of hydrogen-bond donors (Lipinski definition) is 2. The lowest BCUT2D eigenvalue weighted by Crippen LogP contribution is -2.10. The summed E-state index contributed by atoms with van der Waals surface area (Å²) in [5.74, 6) is 2.34. The molecule has 3 aromatic carbocycles. The summed E-state index contributed by atoms with van der Waals surface area (Å²) >= 11 is 0. The Kier molecular flexibility index (Phi) is 8.09. The number of methoxy groups -OCH3 is 6. The van der Waals surface area contributed by atoms with Gasteiger partial charge in [0.25, 0.3) is 0 Å². The topological polar surface area (TPSA) is 95.8 Å². The number of para-hydroxylation sites is 2. The highest BCUT2D eigenvalue weighted by molar-refractivity contribution is 5.60. The SMILES string of the molecule is COc1cccc(C(O)c2ccc(C(O)c3cccc(OC)c3OC)c(OC)c2OC)c1OC.